The predicted octanol–water partition coefficient (Wildman–Crippen LogP) is 0.711. The first-order valence-electron chi connectivity index (χ1n) is 5.03. The van der Waals surface area contributed by atoms with E-state index in [1.807, 2.05) is 18.2 Å². The largest absolute Gasteiger partial charge is 0.486 e. The molecule has 1 aromatic rings. The minimum Gasteiger partial charge on any atom is -0.486 e. The lowest BCUT2D eigenvalue weighted by atomic mass is 10.1. The van der Waals surface area contributed by atoms with Gasteiger partial charge in [0.25, 0.3) is 0 Å². The van der Waals surface area contributed by atoms with E-state index >= 15 is 0 Å². The number of aliphatic hydroxyl groups is 1. The van der Waals surface area contributed by atoms with Gasteiger partial charge in [-0.3, -0.25) is 0 Å². The van der Waals surface area contributed by atoms with Crippen molar-refractivity contribution in [1.29, 1.82) is 0 Å². The number of hydrogen-bond donors (Lipinski definition) is 2. The van der Waals surface area contributed by atoms with E-state index in [4.69, 9.17) is 9.47 Å². The van der Waals surface area contributed by atoms with Gasteiger partial charge >= 0.3 is 0 Å². The topological polar surface area (TPSA) is 50.7 Å². The Balaban J connectivity index is 2.20. The van der Waals surface area contributed by atoms with E-state index in [1.165, 1.54) is 0 Å². The highest BCUT2D eigenvalue weighted by Crippen LogP contribution is 2.32. The second-order valence-electron chi connectivity index (χ2n) is 3.48. The van der Waals surface area contributed by atoms with Gasteiger partial charge in [0.2, 0.25) is 0 Å². The van der Waals surface area contributed by atoms with Crippen LogP contribution in [0, 0.1) is 0 Å². The van der Waals surface area contributed by atoms with Crippen LogP contribution in [0.2, 0.25) is 0 Å². The molecular formula is C11H15NO3. The molecule has 1 aliphatic heterocycles. The molecule has 0 amide bonds. The summed E-state index contributed by atoms with van der Waals surface area (Å²) >= 11 is 0. The van der Waals surface area contributed by atoms with Gasteiger partial charge in [-0.25, -0.2) is 0 Å². The van der Waals surface area contributed by atoms with Gasteiger partial charge in [-0.2, -0.15) is 0 Å². The summed E-state index contributed by atoms with van der Waals surface area (Å²) in [5, 5.41) is 12.7. The van der Waals surface area contributed by atoms with Crippen LogP contribution >= 0.6 is 0 Å². The lowest BCUT2D eigenvalue weighted by molar-refractivity contribution is 0.164. The smallest absolute Gasteiger partial charge is 0.161 e. The molecule has 0 aliphatic carbocycles. The van der Waals surface area contributed by atoms with Gasteiger partial charge in [0, 0.05) is 6.54 Å². The Hall–Kier alpha value is -1.26. The molecule has 1 aliphatic rings. The molecule has 2 N–H and O–H groups in total. The van der Waals surface area contributed by atoms with Crippen molar-refractivity contribution < 1.29 is 14.6 Å². The number of nitrogens with one attached hydrogen (secondary N) is 1. The number of likely N-dealkylation sites (N-methyl/N-ethyl adjacent to an activating group) is 1. The van der Waals surface area contributed by atoms with Crippen LogP contribution in [0.3, 0.4) is 0 Å². The monoisotopic (exact) mass is 209 g/mol. The molecule has 1 atom stereocenters. The molecule has 0 radical (unpaired) electrons. The number of rotatable bonds is 3. The van der Waals surface area contributed by atoms with Gasteiger partial charge in [0.05, 0.1) is 6.10 Å². The normalized spacial score (nSPS) is 16.1. The number of ether oxygens (including phenoxy) is 2. The van der Waals surface area contributed by atoms with Crippen molar-refractivity contribution in [2.75, 3.05) is 26.8 Å². The van der Waals surface area contributed by atoms with Crippen molar-refractivity contribution in [3.05, 3.63) is 23.8 Å². The molecule has 0 spiro atoms. The zero-order chi connectivity index (χ0) is 10.7. The minimum atomic E-state index is -0.508. The molecule has 1 aromatic carbocycles. The Morgan fingerprint density at radius 2 is 2.07 bits per heavy atom. The summed E-state index contributed by atoms with van der Waals surface area (Å²) in [5.41, 5.74) is 0.841. The maximum atomic E-state index is 9.76. The number of aliphatic hydroxyl groups excluding tert-OH is 1. The van der Waals surface area contributed by atoms with Crippen molar-refractivity contribution in [2.45, 2.75) is 6.10 Å². The fourth-order valence-electron chi connectivity index (χ4n) is 1.58. The summed E-state index contributed by atoms with van der Waals surface area (Å²) in [5.74, 6) is 1.47. The minimum absolute atomic E-state index is 0.508. The average Bonchev–Trinajstić information content (AvgIpc) is 2.29. The van der Waals surface area contributed by atoms with E-state index in [0.717, 1.165) is 11.3 Å². The van der Waals surface area contributed by atoms with Crippen LogP contribution in [-0.2, 0) is 0 Å². The van der Waals surface area contributed by atoms with E-state index < -0.39 is 6.10 Å². The van der Waals surface area contributed by atoms with Gasteiger partial charge in [-0.05, 0) is 24.7 Å². The van der Waals surface area contributed by atoms with E-state index in [9.17, 15) is 5.11 Å². The highest BCUT2D eigenvalue weighted by Gasteiger charge is 2.14. The Bertz CT molecular complexity index is 341. The van der Waals surface area contributed by atoms with Crippen LogP contribution in [0.25, 0.3) is 0 Å². The van der Waals surface area contributed by atoms with Gasteiger partial charge in [-0.15, -0.1) is 0 Å². The zero-order valence-corrected chi connectivity index (χ0v) is 8.69. The molecular weight excluding hydrogens is 194 g/mol. The number of benzene rings is 1. The summed E-state index contributed by atoms with van der Waals surface area (Å²) in [6.45, 7) is 1.68. The second-order valence-corrected chi connectivity index (χ2v) is 3.48. The number of fused-ring (bicyclic) bond motifs is 1. The third-order valence-electron chi connectivity index (χ3n) is 2.35. The Kier molecular flexibility index (Phi) is 3.08. The van der Waals surface area contributed by atoms with Gasteiger partial charge in [-0.1, -0.05) is 6.07 Å². The van der Waals surface area contributed by atoms with Crippen molar-refractivity contribution >= 4 is 0 Å². The lowest BCUT2D eigenvalue weighted by Gasteiger charge is -2.20. The van der Waals surface area contributed by atoms with Crippen LogP contribution in [0.5, 0.6) is 11.5 Å². The molecule has 4 nitrogen and oxygen atoms in total. The maximum Gasteiger partial charge on any atom is 0.161 e. The summed E-state index contributed by atoms with van der Waals surface area (Å²) in [6.07, 6.45) is -0.508. The van der Waals surface area contributed by atoms with Gasteiger partial charge in [0.1, 0.15) is 13.2 Å². The highest BCUT2D eigenvalue weighted by atomic mass is 16.6. The molecule has 15 heavy (non-hydrogen) atoms. The Morgan fingerprint density at radius 3 is 2.80 bits per heavy atom. The Labute approximate surface area is 88.8 Å². The highest BCUT2D eigenvalue weighted by molar-refractivity contribution is 5.44. The van der Waals surface area contributed by atoms with Crippen LogP contribution in [-0.4, -0.2) is 31.9 Å². The van der Waals surface area contributed by atoms with E-state index in [-0.39, 0.29) is 0 Å². The van der Waals surface area contributed by atoms with Crippen LogP contribution in [0.1, 0.15) is 11.7 Å². The Morgan fingerprint density at radius 1 is 1.33 bits per heavy atom. The van der Waals surface area contributed by atoms with Gasteiger partial charge in [0.15, 0.2) is 11.5 Å². The summed E-state index contributed by atoms with van der Waals surface area (Å²) in [7, 11) is 1.81. The first-order valence-corrected chi connectivity index (χ1v) is 5.03. The van der Waals surface area contributed by atoms with Crippen molar-refractivity contribution in [2.24, 2.45) is 0 Å². The van der Waals surface area contributed by atoms with Crippen molar-refractivity contribution in [3.8, 4) is 11.5 Å². The third-order valence-corrected chi connectivity index (χ3v) is 2.35. The first-order chi connectivity index (χ1) is 7.31. The van der Waals surface area contributed by atoms with E-state index in [1.54, 1.807) is 7.05 Å². The standard InChI is InChI=1S/C11H15NO3/c1-12-7-9(13)8-2-3-10-11(6-8)15-5-4-14-10/h2-3,6,9,12-13H,4-5,7H2,1H3. The van der Waals surface area contributed by atoms with Crippen LogP contribution in [0.15, 0.2) is 18.2 Å². The molecule has 4 heteroatoms. The molecule has 0 saturated heterocycles. The van der Waals surface area contributed by atoms with Gasteiger partial charge < -0.3 is 19.9 Å². The van der Waals surface area contributed by atoms with Crippen LogP contribution in [0.4, 0.5) is 0 Å². The molecule has 82 valence electrons. The van der Waals surface area contributed by atoms with E-state index in [0.29, 0.717) is 25.5 Å². The molecule has 1 heterocycles. The average molecular weight is 209 g/mol. The zero-order valence-electron chi connectivity index (χ0n) is 8.69. The molecule has 0 bridgehead atoms. The fourth-order valence-corrected chi connectivity index (χ4v) is 1.58. The molecule has 0 aromatic heterocycles. The molecule has 0 fully saturated rings. The van der Waals surface area contributed by atoms with Crippen molar-refractivity contribution in [1.82, 2.24) is 5.32 Å². The van der Waals surface area contributed by atoms with Crippen molar-refractivity contribution in [3.63, 3.8) is 0 Å². The quantitative estimate of drug-likeness (QED) is 0.769. The summed E-state index contributed by atoms with van der Waals surface area (Å²) in [6, 6.07) is 5.52. The summed E-state index contributed by atoms with van der Waals surface area (Å²) in [4.78, 5) is 0. The second kappa shape index (κ2) is 4.51. The fraction of sp³-hybridized carbons (Fsp3) is 0.455. The van der Waals surface area contributed by atoms with Crippen LogP contribution < -0.4 is 14.8 Å². The molecule has 1 unspecified atom stereocenters. The first kappa shape index (κ1) is 10.3. The lowest BCUT2D eigenvalue weighted by Crippen LogP contribution is -2.18. The predicted molar refractivity (Wildman–Crippen MR) is 56.3 cm³/mol. The molecule has 0 saturated carbocycles. The number of hydrogen-bond acceptors (Lipinski definition) is 4. The SMILES string of the molecule is CNCC(O)c1ccc2c(c1)OCCO2. The maximum absolute atomic E-state index is 9.76. The third kappa shape index (κ3) is 2.22. The summed E-state index contributed by atoms with van der Waals surface area (Å²) < 4.78 is 10.8. The van der Waals surface area contributed by atoms with E-state index in [2.05, 4.69) is 5.32 Å². The molecule has 2 rings (SSSR count).